The predicted molar refractivity (Wildman–Crippen MR) is 83.7 cm³/mol. The lowest BCUT2D eigenvalue weighted by Gasteiger charge is -2.04. The van der Waals surface area contributed by atoms with Crippen LogP contribution in [0.1, 0.15) is 59.3 Å². The second kappa shape index (κ2) is 10.9. The van der Waals surface area contributed by atoms with Gasteiger partial charge in [0, 0.05) is 0 Å². The van der Waals surface area contributed by atoms with Gasteiger partial charge in [0.05, 0.1) is 0 Å². The predicted octanol–water partition coefficient (Wildman–Crippen LogP) is 6.14. The molecule has 0 amide bonds. The first-order valence-electron chi connectivity index (χ1n) is 7.02. The molecule has 0 radical (unpaired) electrons. The maximum Gasteiger partial charge on any atom is -0.00694 e. The third-order valence-corrected chi connectivity index (χ3v) is 3.29. The minimum atomic E-state index is 1.00. The summed E-state index contributed by atoms with van der Waals surface area (Å²) in [5, 5.41) is 0. The molecule has 0 bridgehead atoms. The molecule has 0 aromatic carbocycles. The quantitative estimate of drug-likeness (QED) is 0.260. The maximum atomic E-state index is 3.76. The summed E-state index contributed by atoms with van der Waals surface area (Å²) < 4.78 is 0. The van der Waals surface area contributed by atoms with Crippen LogP contribution in [0.15, 0.2) is 53.8 Å². The van der Waals surface area contributed by atoms with Gasteiger partial charge in [-0.3, -0.25) is 0 Å². The van der Waals surface area contributed by atoms with Crippen LogP contribution >= 0.6 is 0 Å². The van der Waals surface area contributed by atoms with Gasteiger partial charge in [-0.1, -0.05) is 56.4 Å². The van der Waals surface area contributed by atoms with Crippen molar-refractivity contribution in [3.8, 4) is 0 Å². The van der Waals surface area contributed by atoms with E-state index in [2.05, 4.69) is 51.8 Å². The van der Waals surface area contributed by atoms with Gasteiger partial charge in [0.25, 0.3) is 0 Å². The minimum absolute atomic E-state index is 1.00. The van der Waals surface area contributed by atoms with E-state index in [1.807, 2.05) is 6.08 Å². The highest BCUT2D eigenvalue weighted by Crippen LogP contribution is 2.15. The Morgan fingerprint density at radius 1 is 1.06 bits per heavy atom. The van der Waals surface area contributed by atoms with Gasteiger partial charge < -0.3 is 0 Å². The normalized spacial score (nSPS) is 12.2. The summed E-state index contributed by atoms with van der Waals surface area (Å²) in [5.41, 5.74) is 7.09. The molecule has 0 heterocycles. The average Bonchev–Trinajstić information content (AvgIpc) is 2.41. The lowest BCUT2D eigenvalue weighted by Crippen LogP contribution is -1.84. The van der Waals surface area contributed by atoms with Gasteiger partial charge in [-0.15, -0.1) is 5.73 Å². The molecule has 0 aliphatic carbocycles. The highest BCUT2D eigenvalue weighted by atomic mass is 14.0. The van der Waals surface area contributed by atoms with Crippen LogP contribution < -0.4 is 0 Å². The fourth-order valence-corrected chi connectivity index (χ4v) is 1.77. The first kappa shape index (κ1) is 16.7. The van der Waals surface area contributed by atoms with Crippen molar-refractivity contribution in [2.45, 2.75) is 59.3 Å². The van der Waals surface area contributed by atoms with Crippen LogP contribution in [0.3, 0.4) is 0 Å². The SMILES string of the molecule is C=C=C(C=C)CC/C=C(\CC)CC/C=C(/C)CC. The van der Waals surface area contributed by atoms with Crippen molar-refractivity contribution < 1.29 is 0 Å². The Kier molecular flexibility index (Phi) is 10.1. The summed E-state index contributed by atoms with van der Waals surface area (Å²) in [6.07, 6.45) is 13.3. The monoisotopic (exact) mass is 244 g/mol. The lowest BCUT2D eigenvalue weighted by molar-refractivity contribution is 0.871. The fraction of sp³-hybridized carbons (Fsp3) is 0.500. The average molecular weight is 244 g/mol. The van der Waals surface area contributed by atoms with E-state index < -0.39 is 0 Å². The topological polar surface area (TPSA) is 0 Å². The third-order valence-electron chi connectivity index (χ3n) is 3.29. The summed E-state index contributed by atoms with van der Waals surface area (Å²) in [4.78, 5) is 0. The third kappa shape index (κ3) is 7.92. The fourth-order valence-electron chi connectivity index (χ4n) is 1.77. The summed E-state index contributed by atoms with van der Waals surface area (Å²) in [6.45, 7) is 14.1. The Labute approximate surface area is 113 Å². The van der Waals surface area contributed by atoms with E-state index in [9.17, 15) is 0 Å². The molecular weight excluding hydrogens is 216 g/mol. The highest BCUT2D eigenvalue weighted by Gasteiger charge is 1.95. The summed E-state index contributed by atoms with van der Waals surface area (Å²) >= 11 is 0. The van der Waals surface area contributed by atoms with Crippen LogP contribution in [0.2, 0.25) is 0 Å². The standard InChI is InChI=1S/C18H28/c1-6-16(5)12-10-14-18(9-4)15-11-13-17(7-2)8-3/h7,12,15H,2-3,6,9-11,13-14H2,1,4-5H3/b16-12-,18-15+. The van der Waals surface area contributed by atoms with Crippen molar-refractivity contribution in [1.29, 1.82) is 0 Å². The number of hydrogen-bond donors (Lipinski definition) is 0. The van der Waals surface area contributed by atoms with Crippen molar-refractivity contribution in [2.75, 3.05) is 0 Å². The van der Waals surface area contributed by atoms with Gasteiger partial charge in [0.1, 0.15) is 0 Å². The molecule has 18 heavy (non-hydrogen) atoms. The minimum Gasteiger partial charge on any atom is -0.125 e. The molecule has 0 saturated carbocycles. The molecule has 0 N–H and O–H groups in total. The van der Waals surface area contributed by atoms with Crippen LogP contribution in [0.25, 0.3) is 0 Å². The molecule has 0 saturated heterocycles. The van der Waals surface area contributed by atoms with Crippen LogP contribution in [0, 0.1) is 0 Å². The Balaban J connectivity index is 4.16. The number of hydrogen-bond acceptors (Lipinski definition) is 0. The largest absolute Gasteiger partial charge is 0.125 e. The van der Waals surface area contributed by atoms with Gasteiger partial charge in [0.15, 0.2) is 0 Å². The zero-order valence-corrected chi connectivity index (χ0v) is 12.4. The molecule has 0 fully saturated rings. The van der Waals surface area contributed by atoms with Gasteiger partial charge in [-0.05, 0) is 51.0 Å². The van der Waals surface area contributed by atoms with E-state index in [1.54, 1.807) is 5.57 Å². The molecule has 0 atom stereocenters. The molecule has 0 rings (SSSR count). The molecular formula is C18H28. The first-order chi connectivity index (χ1) is 8.67. The molecule has 0 nitrogen and oxygen atoms in total. The van der Waals surface area contributed by atoms with Crippen LogP contribution in [0.4, 0.5) is 0 Å². The van der Waals surface area contributed by atoms with Gasteiger partial charge in [-0.25, -0.2) is 0 Å². The van der Waals surface area contributed by atoms with E-state index >= 15 is 0 Å². The van der Waals surface area contributed by atoms with Gasteiger partial charge in [-0.2, -0.15) is 0 Å². The zero-order valence-electron chi connectivity index (χ0n) is 12.4. The highest BCUT2D eigenvalue weighted by molar-refractivity contribution is 5.15. The maximum absolute atomic E-state index is 3.76. The molecule has 0 unspecified atom stereocenters. The summed E-state index contributed by atoms with van der Waals surface area (Å²) in [6, 6.07) is 0. The van der Waals surface area contributed by atoms with Crippen molar-refractivity contribution in [2.24, 2.45) is 0 Å². The van der Waals surface area contributed by atoms with Crippen molar-refractivity contribution >= 4 is 0 Å². The van der Waals surface area contributed by atoms with Crippen LogP contribution in [-0.4, -0.2) is 0 Å². The lowest BCUT2D eigenvalue weighted by atomic mass is 10.0. The molecule has 100 valence electrons. The van der Waals surface area contributed by atoms with Crippen molar-refractivity contribution in [1.82, 2.24) is 0 Å². The molecule has 0 aliphatic heterocycles. The van der Waals surface area contributed by atoms with E-state index in [4.69, 9.17) is 0 Å². The Morgan fingerprint density at radius 3 is 2.22 bits per heavy atom. The van der Waals surface area contributed by atoms with Crippen molar-refractivity contribution in [3.05, 3.63) is 53.8 Å². The van der Waals surface area contributed by atoms with Gasteiger partial charge in [0.2, 0.25) is 0 Å². The summed E-state index contributed by atoms with van der Waals surface area (Å²) in [5.74, 6) is 0. The Bertz CT molecular complexity index is 346. The van der Waals surface area contributed by atoms with E-state index in [-0.39, 0.29) is 0 Å². The Morgan fingerprint density at radius 2 is 1.72 bits per heavy atom. The summed E-state index contributed by atoms with van der Waals surface area (Å²) in [7, 11) is 0. The van der Waals surface area contributed by atoms with Crippen LogP contribution in [0.5, 0.6) is 0 Å². The smallest absolute Gasteiger partial charge is 0.00694 e. The first-order valence-corrected chi connectivity index (χ1v) is 7.02. The number of allylic oxidation sites excluding steroid dienone is 6. The number of rotatable bonds is 9. The molecule has 0 spiro atoms. The molecule has 0 aliphatic rings. The molecule has 0 heteroatoms. The zero-order chi connectivity index (χ0) is 13.8. The van der Waals surface area contributed by atoms with Crippen LogP contribution in [-0.2, 0) is 0 Å². The van der Waals surface area contributed by atoms with Gasteiger partial charge >= 0.3 is 0 Å². The molecule has 0 aromatic heterocycles. The van der Waals surface area contributed by atoms with E-state index in [0.717, 1.165) is 31.3 Å². The van der Waals surface area contributed by atoms with E-state index in [0.29, 0.717) is 0 Å². The Hall–Kier alpha value is -1.26. The molecule has 0 aromatic rings. The van der Waals surface area contributed by atoms with Crippen molar-refractivity contribution in [3.63, 3.8) is 0 Å². The van der Waals surface area contributed by atoms with E-state index in [1.165, 1.54) is 18.4 Å². The second-order valence-corrected chi connectivity index (χ2v) is 4.60. The second-order valence-electron chi connectivity index (χ2n) is 4.60.